The highest BCUT2D eigenvalue weighted by molar-refractivity contribution is 4.87. The van der Waals surface area contributed by atoms with Gasteiger partial charge < -0.3 is 0 Å². The summed E-state index contributed by atoms with van der Waals surface area (Å²) in [6, 6.07) is 0. The van der Waals surface area contributed by atoms with Crippen LogP contribution in [0.25, 0.3) is 0 Å². The van der Waals surface area contributed by atoms with Gasteiger partial charge in [-0.25, -0.2) is 9.78 Å². The maximum atomic E-state index is 8.58. The van der Waals surface area contributed by atoms with Gasteiger partial charge in [-0.1, -0.05) is 13.8 Å². The first kappa shape index (κ1) is 9.92. The van der Waals surface area contributed by atoms with Crippen LogP contribution in [0.5, 0.6) is 0 Å². The van der Waals surface area contributed by atoms with Crippen LogP contribution < -0.4 is 0 Å². The minimum Gasteiger partial charge on any atom is -0.252 e. The molecule has 2 N–H and O–H groups in total. The van der Waals surface area contributed by atoms with E-state index in [1.54, 1.807) is 0 Å². The second-order valence-electron chi connectivity index (χ2n) is 4.09. The second kappa shape index (κ2) is 3.70. The van der Waals surface area contributed by atoms with Crippen molar-refractivity contribution in [2.75, 3.05) is 0 Å². The monoisotopic (exact) mass is 176 g/mol. The number of hydrogen-bond acceptors (Lipinski definition) is 4. The van der Waals surface area contributed by atoms with E-state index in [9.17, 15) is 0 Å². The largest absolute Gasteiger partial charge is 0.252 e. The Morgan fingerprint density at radius 1 is 1.17 bits per heavy atom. The SMILES string of the molecule is CC1(C)CC(OO)CCC1OO. The molecule has 0 aliphatic heterocycles. The molecule has 0 aromatic heterocycles. The Morgan fingerprint density at radius 3 is 2.25 bits per heavy atom. The zero-order chi connectivity index (χ0) is 9.19. The summed E-state index contributed by atoms with van der Waals surface area (Å²) in [7, 11) is 0. The summed E-state index contributed by atoms with van der Waals surface area (Å²) in [5, 5.41) is 17.1. The van der Waals surface area contributed by atoms with Crippen LogP contribution in [0.2, 0.25) is 0 Å². The molecule has 1 aliphatic rings. The summed E-state index contributed by atoms with van der Waals surface area (Å²) < 4.78 is 0. The van der Waals surface area contributed by atoms with Crippen molar-refractivity contribution in [1.82, 2.24) is 0 Å². The molecule has 2 unspecified atom stereocenters. The minimum absolute atomic E-state index is 0.119. The lowest BCUT2D eigenvalue weighted by Gasteiger charge is -2.38. The molecular formula is C8H16O4. The van der Waals surface area contributed by atoms with Crippen molar-refractivity contribution in [2.45, 2.75) is 45.3 Å². The van der Waals surface area contributed by atoms with Crippen LogP contribution >= 0.6 is 0 Å². The summed E-state index contributed by atoms with van der Waals surface area (Å²) in [5.41, 5.74) is -0.138. The van der Waals surface area contributed by atoms with Crippen molar-refractivity contribution in [3.05, 3.63) is 0 Å². The molecular weight excluding hydrogens is 160 g/mol. The van der Waals surface area contributed by atoms with Gasteiger partial charge in [-0.05, 0) is 24.7 Å². The number of rotatable bonds is 2. The highest BCUT2D eigenvalue weighted by atomic mass is 17.1. The Kier molecular flexibility index (Phi) is 3.06. The van der Waals surface area contributed by atoms with Crippen LogP contribution in [0.3, 0.4) is 0 Å². The predicted octanol–water partition coefficient (Wildman–Crippen LogP) is 1.91. The highest BCUT2D eigenvalue weighted by Crippen LogP contribution is 2.38. The molecule has 1 aliphatic carbocycles. The molecule has 1 saturated carbocycles. The van der Waals surface area contributed by atoms with E-state index in [2.05, 4.69) is 9.78 Å². The molecule has 0 spiro atoms. The molecule has 72 valence electrons. The van der Waals surface area contributed by atoms with Gasteiger partial charge in [-0.15, -0.1) is 0 Å². The van der Waals surface area contributed by atoms with E-state index in [4.69, 9.17) is 10.5 Å². The first-order chi connectivity index (χ1) is 5.60. The van der Waals surface area contributed by atoms with Gasteiger partial charge in [0.25, 0.3) is 0 Å². The Morgan fingerprint density at radius 2 is 1.83 bits per heavy atom. The fourth-order valence-corrected chi connectivity index (χ4v) is 1.83. The molecule has 0 amide bonds. The van der Waals surface area contributed by atoms with Crippen LogP contribution in [-0.2, 0) is 9.78 Å². The van der Waals surface area contributed by atoms with Gasteiger partial charge in [0.05, 0.1) is 12.2 Å². The van der Waals surface area contributed by atoms with Gasteiger partial charge in [-0.2, -0.15) is 0 Å². The zero-order valence-electron chi connectivity index (χ0n) is 7.49. The Bertz CT molecular complexity index is 146. The Labute approximate surface area is 72.0 Å². The molecule has 0 aromatic rings. The molecule has 0 saturated heterocycles. The smallest absolute Gasteiger partial charge is 0.0980 e. The van der Waals surface area contributed by atoms with Crippen LogP contribution in [0.15, 0.2) is 0 Å². The Hall–Kier alpha value is -0.160. The van der Waals surface area contributed by atoms with Crippen molar-refractivity contribution in [1.29, 1.82) is 0 Å². The lowest BCUT2D eigenvalue weighted by Crippen LogP contribution is -2.40. The quantitative estimate of drug-likeness (QED) is 0.498. The maximum absolute atomic E-state index is 8.58. The molecule has 2 atom stereocenters. The van der Waals surface area contributed by atoms with Crippen molar-refractivity contribution in [2.24, 2.45) is 5.41 Å². The van der Waals surface area contributed by atoms with E-state index < -0.39 is 0 Å². The van der Waals surface area contributed by atoms with E-state index in [0.29, 0.717) is 12.8 Å². The van der Waals surface area contributed by atoms with Crippen molar-refractivity contribution >= 4 is 0 Å². The maximum Gasteiger partial charge on any atom is 0.0980 e. The first-order valence-corrected chi connectivity index (χ1v) is 4.20. The van der Waals surface area contributed by atoms with Gasteiger partial charge in [0.1, 0.15) is 0 Å². The third-order valence-electron chi connectivity index (χ3n) is 2.65. The summed E-state index contributed by atoms with van der Waals surface area (Å²) in [4.78, 5) is 8.64. The van der Waals surface area contributed by atoms with Crippen LogP contribution in [0.1, 0.15) is 33.1 Å². The lowest BCUT2D eigenvalue weighted by molar-refractivity contribution is -0.333. The van der Waals surface area contributed by atoms with E-state index in [0.717, 1.165) is 6.42 Å². The zero-order valence-corrected chi connectivity index (χ0v) is 7.49. The highest BCUT2D eigenvalue weighted by Gasteiger charge is 2.38. The third-order valence-corrected chi connectivity index (χ3v) is 2.65. The summed E-state index contributed by atoms with van der Waals surface area (Å²) in [5.74, 6) is 0. The van der Waals surface area contributed by atoms with Gasteiger partial charge in [0.15, 0.2) is 0 Å². The normalized spacial score (nSPS) is 35.0. The average molecular weight is 176 g/mol. The Balaban J connectivity index is 2.54. The molecule has 0 heterocycles. The molecule has 4 nitrogen and oxygen atoms in total. The molecule has 1 rings (SSSR count). The predicted molar refractivity (Wildman–Crippen MR) is 42.6 cm³/mol. The van der Waals surface area contributed by atoms with E-state index >= 15 is 0 Å². The summed E-state index contributed by atoms with van der Waals surface area (Å²) >= 11 is 0. The van der Waals surface area contributed by atoms with Crippen LogP contribution in [-0.4, -0.2) is 22.7 Å². The van der Waals surface area contributed by atoms with Crippen LogP contribution in [0, 0.1) is 5.41 Å². The molecule has 12 heavy (non-hydrogen) atoms. The van der Waals surface area contributed by atoms with Gasteiger partial charge in [0, 0.05) is 0 Å². The summed E-state index contributed by atoms with van der Waals surface area (Å²) in [6.07, 6.45) is 1.88. The van der Waals surface area contributed by atoms with Gasteiger partial charge in [0.2, 0.25) is 0 Å². The molecule has 4 heteroatoms. The topological polar surface area (TPSA) is 58.9 Å². The minimum atomic E-state index is -0.149. The molecule has 0 radical (unpaired) electrons. The molecule has 1 fully saturated rings. The first-order valence-electron chi connectivity index (χ1n) is 4.20. The van der Waals surface area contributed by atoms with Crippen molar-refractivity contribution in [3.63, 3.8) is 0 Å². The number of hydrogen-bond donors (Lipinski definition) is 2. The van der Waals surface area contributed by atoms with Crippen LogP contribution in [0.4, 0.5) is 0 Å². The lowest BCUT2D eigenvalue weighted by atomic mass is 9.74. The van der Waals surface area contributed by atoms with E-state index in [1.165, 1.54) is 0 Å². The average Bonchev–Trinajstić information content (AvgIpc) is 2.02. The standard InChI is InChI=1S/C8H16O4/c1-8(2)5-6(11-9)3-4-7(8)12-10/h6-7,9-10H,3-5H2,1-2H3. The van der Waals surface area contributed by atoms with Gasteiger partial charge in [-0.3, -0.25) is 10.5 Å². The van der Waals surface area contributed by atoms with Crippen molar-refractivity contribution < 1.29 is 20.3 Å². The third kappa shape index (κ3) is 1.95. The molecule has 0 aromatic carbocycles. The van der Waals surface area contributed by atoms with Gasteiger partial charge >= 0.3 is 0 Å². The van der Waals surface area contributed by atoms with E-state index in [-0.39, 0.29) is 17.6 Å². The fourth-order valence-electron chi connectivity index (χ4n) is 1.83. The van der Waals surface area contributed by atoms with Crippen molar-refractivity contribution in [3.8, 4) is 0 Å². The molecule has 0 bridgehead atoms. The fraction of sp³-hybridized carbons (Fsp3) is 1.00. The second-order valence-corrected chi connectivity index (χ2v) is 4.09. The summed E-state index contributed by atoms with van der Waals surface area (Å²) in [6.45, 7) is 3.97. The van der Waals surface area contributed by atoms with E-state index in [1.807, 2.05) is 13.8 Å².